The van der Waals surface area contributed by atoms with E-state index in [2.05, 4.69) is 29.6 Å². The molecule has 28 heavy (non-hydrogen) atoms. The van der Waals surface area contributed by atoms with Gasteiger partial charge in [0.1, 0.15) is 11.9 Å². The van der Waals surface area contributed by atoms with Crippen LogP contribution in [0.1, 0.15) is 39.9 Å². The first-order valence-electron chi connectivity index (χ1n) is 9.43. The van der Waals surface area contributed by atoms with Gasteiger partial charge in [-0.05, 0) is 41.7 Å². The Kier molecular flexibility index (Phi) is 4.52. The molecule has 0 saturated carbocycles. The minimum Gasteiger partial charge on any atom is -0.545 e. The average molecular weight is 413 g/mol. The van der Waals surface area contributed by atoms with Gasteiger partial charge >= 0.3 is 0 Å². The first-order chi connectivity index (χ1) is 13.6. The van der Waals surface area contributed by atoms with Crippen LogP contribution in [-0.4, -0.2) is 23.6 Å². The van der Waals surface area contributed by atoms with Gasteiger partial charge in [-0.15, -0.1) is 0 Å². The molecule has 1 fully saturated rings. The standard InChI is InChI=1S/C22H20ClNO3S/c23-18-8-7-17(22(25)26)19-15-5-2-6-16(15)20(24-21(18)19)12-3-1-4-13(9-12)27-14-10-28-11-14/h1-5,7-9,14-16,20,24H,6,10-11H2,(H,25,26)/p-1/t15-,16-,20-/m0/s1. The van der Waals surface area contributed by atoms with Gasteiger partial charge in [-0.25, -0.2) is 0 Å². The molecule has 1 saturated heterocycles. The molecule has 2 aromatic carbocycles. The molecule has 3 atom stereocenters. The maximum Gasteiger partial charge on any atom is 0.120 e. The minimum absolute atomic E-state index is 0.000423. The van der Waals surface area contributed by atoms with Gasteiger partial charge in [-0.2, -0.15) is 11.8 Å². The number of hydrogen-bond acceptors (Lipinski definition) is 5. The van der Waals surface area contributed by atoms with Crippen molar-refractivity contribution in [2.24, 2.45) is 5.92 Å². The monoisotopic (exact) mass is 412 g/mol. The fourth-order valence-electron chi connectivity index (χ4n) is 4.44. The van der Waals surface area contributed by atoms with E-state index in [9.17, 15) is 9.90 Å². The number of thioether (sulfide) groups is 1. The SMILES string of the molecule is O=C([O-])c1ccc(Cl)c2c1[C@H]1C=CC[C@@H]1[C@H](c1cccc(OC3CSC3)c1)N2. The molecule has 0 amide bonds. The Morgan fingerprint density at radius 3 is 2.86 bits per heavy atom. The van der Waals surface area contributed by atoms with E-state index in [1.807, 2.05) is 23.9 Å². The van der Waals surface area contributed by atoms with Crippen LogP contribution in [0.3, 0.4) is 0 Å². The highest BCUT2D eigenvalue weighted by Crippen LogP contribution is 2.52. The minimum atomic E-state index is -1.17. The van der Waals surface area contributed by atoms with Crippen LogP contribution in [0.15, 0.2) is 48.6 Å². The van der Waals surface area contributed by atoms with E-state index >= 15 is 0 Å². The number of anilines is 1. The molecule has 4 nitrogen and oxygen atoms in total. The molecule has 2 aliphatic heterocycles. The van der Waals surface area contributed by atoms with Crippen molar-refractivity contribution in [2.75, 3.05) is 16.8 Å². The second kappa shape index (κ2) is 7.05. The van der Waals surface area contributed by atoms with Crippen molar-refractivity contribution in [1.29, 1.82) is 0 Å². The number of carboxylic acid groups (broad SMARTS) is 1. The second-order valence-electron chi connectivity index (χ2n) is 7.50. The normalized spacial score (nSPS) is 25.4. The van der Waals surface area contributed by atoms with Crippen LogP contribution >= 0.6 is 23.4 Å². The molecule has 6 heteroatoms. The number of carbonyl (C=O) groups is 1. The molecule has 2 heterocycles. The van der Waals surface area contributed by atoms with E-state index in [1.54, 1.807) is 12.1 Å². The Hall–Kier alpha value is -2.11. The molecule has 1 N–H and O–H groups in total. The van der Waals surface area contributed by atoms with Crippen LogP contribution in [0.25, 0.3) is 0 Å². The number of carboxylic acids is 1. The number of benzene rings is 2. The third kappa shape index (κ3) is 2.97. The van der Waals surface area contributed by atoms with Gasteiger partial charge in [0.25, 0.3) is 0 Å². The summed E-state index contributed by atoms with van der Waals surface area (Å²) < 4.78 is 6.06. The van der Waals surface area contributed by atoms with Crippen molar-refractivity contribution < 1.29 is 14.6 Å². The number of fused-ring (bicyclic) bond motifs is 3. The van der Waals surface area contributed by atoms with Crippen molar-refractivity contribution >= 4 is 35.0 Å². The van der Waals surface area contributed by atoms with Gasteiger partial charge in [-0.1, -0.05) is 42.0 Å². The van der Waals surface area contributed by atoms with Crippen LogP contribution in [0.4, 0.5) is 5.69 Å². The van der Waals surface area contributed by atoms with E-state index < -0.39 is 5.97 Å². The van der Waals surface area contributed by atoms with Crippen molar-refractivity contribution in [1.82, 2.24) is 0 Å². The predicted molar refractivity (Wildman–Crippen MR) is 110 cm³/mol. The first kappa shape index (κ1) is 18.0. The number of halogens is 1. The molecule has 0 aromatic heterocycles. The number of carbonyl (C=O) groups excluding carboxylic acids is 1. The number of allylic oxidation sites excluding steroid dienone is 2. The Morgan fingerprint density at radius 2 is 2.11 bits per heavy atom. The van der Waals surface area contributed by atoms with E-state index in [1.165, 1.54) is 0 Å². The summed E-state index contributed by atoms with van der Waals surface area (Å²) in [5, 5.41) is 15.7. The third-order valence-corrected chi connectivity index (χ3v) is 7.35. The molecular weight excluding hydrogens is 394 g/mol. The lowest BCUT2D eigenvalue weighted by molar-refractivity contribution is -0.255. The van der Waals surface area contributed by atoms with E-state index in [0.717, 1.165) is 34.8 Å². The number of ether oxygens (including phenoxy) is 1. The lowest BCUT2D eigenvalue weighted by Gasteiger charge is -2.39. The quantitative estimate of drug-likeness (QED) is 0.768. The summed E-state index contributed by atoms with van der Waals surface area (Å²) in [6.07, 6.45) is 5.41. The van der Waals surface area contributed by atoms with E-state index in [4.69, 9.17) is 16.3 Å². The number of nitrogens with one attached hydrogen (secondary N) is 1. The zero-order valence-corrected chi connectivity index (χ0v) is 16.6. The Morgan fingerprint density at radius 1 is 1.25 bits per heavy atom. The number of hydrogen-bond donors (Lipinski definition) is 1. The molecule has 0 bridgehead atoms. The molecular formula is C22H19ClNO3S-. The summed E-state index contributed by atoms with van der Waals surface area (Å²) in [7, 11) is 0. The topological polar surface area (TPSA) is 61.4 Å². The number of aromatic carboxylic acids is 1. The van der Waals surface area contributed by atoms with Gasteiger partial charge in [-0.3, -0.25) is 0 Å². The molecule has 5 rings (SSSR count). The Balaban J connectivity index is 1.54. The van der Waals surface area contributed by atoms with Gasteiger partial charge in [0.05, 0.1) is 22.7 Å². The summed E-state index contributed by atoms with van der Waals surface area (Å²) in [6.45, 7) is 0. The summed E-state index contributed by atoms with van der Waals surface area (Å²) in [5.41, 5.74) is 2.78. The molecule has 0 unspecified atom stereocenters. The summed E-state index contributed by atoms with van der Waals surface area (Å²) in [4.78, 5) is 11.7. The van der Waals surface area contributed by atoms with Crippen LogP contribution in [0, 0.1) is 5.92 Å². The first-order valence-corrected chi connectivity index (χ1v) is 11.0. The highest BCUT2D eigenvalue weighted by Gasteiger charge is 2.40. The zero-order valence-electron chi connectivity index (χ0n) is 15.1. The second-order valence-corrected chi connectivity index (χ2v) is 8.98. The highest BCUT2D eigenvalue weighted by atomic mass is 35.5. The fourth-order valence-corrected chi connectivity index (χ4v) is 5.22. The van der Waals surface area contributed by atoms with Gasteiger partial charge in [0.15, 0.2) is 0 Å². The molecule has 144 valence electrons. The maximum atomic E-state index is 11.7. The Bertz CT molecular complexity index is 972. The lowest BCUT2D eigenvalue weighted by Crippen LogP contribution is -2.33. The summed E-state index contributed by atoms with van der Waals surface area (Å²) in [5.74, 6) is 2.01. The third-order valence-electron chi connectivity index (χ3n) is 5.82. The fraction of sp³-hybridized carbons (Fsp3) is 0.318. The molecule has 3 aliphatic rings. The van der Waals surface area contributed by atoms with Crippen molar-refractivity contribution in [3.63, 3.8) is 0 Å². The van der Waals surface area contributed by atoms with Crippen LogP contribution in [0.5, 0.6) is 5.75 Å². The molecule has 0 radical (unpaired) electrons. The molecule has 2 aromatic rings. The molecule has 0 spiro atoms. The van der Waals surface area contributed by atoms with Crippen molar-refractivity contribution in [2.45, 2.75) is 24.5 Å². The van der Waals surface area contributed by atoms with Gasteiger partial charge in [0.2, 0.25) is 0 Å². The Labute approximate surface area is 172 Å². The summed E-state index contributed by atoms with van der Waals surface area (Å²) in [6, 6.07) is 11.4. The predicted octanol–water partition coefficient (Wildman–Crippen LogP) is 4.02. The number of rotatable bonds is 4. The van der Waals surface area contributed by atoms with Crippen LogP contribution < -0.4 is 15.2 Å². The van der Waals surface area contributed by atoms with Gasteiger partial charge in [0, 0.05) is 23.0 Å². The lowest BCUT2D eigenvalue weighted by atomic mass is 9.75. The van der Waals surface area contributed by atoms with Crippen molar-refractivity contribution in [3.05, 3.63) is 70.3 Å². The van der Waals surface area contributed by atoms with Crippen LogP contribution in [0.2, 0.25) is 5.02 Å². The average Bonchev–Trinajstić information content (AvgIpc) is 3.14. The van der Waals surface area contributed by atoms with Crippen molar-refractivity contribution in [3.8, 4) is 5.75 Å². The summed E-state index contributed by atoms with van der Waals surface area (Å²) >= 11 is 8.35. The largest absolute Gasteiger partial charge is 0.545 e. The highest BCUT2D eigenvalue weighted by molar-refractivity contribution is 8.00. The van der Waals surface area contributed by atoms with Crippen LogP contribution in [-0.2, 0) is 0 Å². The smallest absolute Gasteiger partial charge is 0.120 e. The van der Waals surface area contributed by atoms with E-state index in [-0.39, 0.29) is 23.4 Å². The van der Waals surface area contributed by atoms with E-state index in [0.29, 0.717) is 16.8 Å². The zero-order chi connectivity index (χ0) is 19.3. The van der Waals surface area contributed by atoms with Gasteiger partial charge < -0.3 is 20.0 Å². The molecule has 1 aliphatic carbocycles. The maximum absolute atomic E-state index is 11.7.